The van der Waals surface area contributed by atoms with Crippen molar-refractivity contribution >= 4 is 13.6 Å². The molecule has 1 aliphatic rings. The standard InChI is InChI=1S/C8H12FO5P/c1-3-13-15(11,14-4-2)6-5-12-8(10)7(6)9/h3-5H2,1-2H3. The van der Waals surface area contributed by atoms with Crippen LogP contribution in [0.4, 0.5) is 4.39 Å². The zero-order valence-corrected chi connectivity index (χ0v) is 9.38. The molecule has 0 amide bonds. The highest BCUT2D eigenvalue weighted by molar-refractivity contribution is 7.58. The molecule has 0 saturated carbocycles. The first-order chi connectivity index (χ1) is 7.05. The normalized spacial score (nSPS) is 17.1. The summed E-state index contributed by atoms with van der Waals surface area (Å²) in [5.74, 6) is -2.29. The number of cyclic esters (lactones) is 1. The third-order valence-electron chi connectivity index (χ3n) is 1.70. The van der Waals surface area contributed by atoms with Gasteiger partial charge in [-0.25, -0.2) is 4.79 Å². The Hall–Kier alpha value is -0.710. The lowest BCUT2D eigenvalue weighted by molar-refractivity contribution is -0.137. The van der Waals surface area contributed by atoms with Crippen LogP contribution in [0.15, 0.2) is 11.1 Å². The molecule has 0 saturated heterocycles. The molecule has 0 aromatic carbocycles. The lowest BCUT2D eigenvalue weighted by Crippen LogP contribution is -2.00. The smallest absolute Gasteiger partial charge is 0.368 e. The van der Waals surface area contributed by atoms with Crippen molar-refractivity contribution < 1.29 is 27.5 Å². The summed E-state index contributed by atoms with van der Waals surface area (Å²) in [5, 5.41) is -0.323. The molecule has 0 spiro atoms. The Morgan fingerprint density at radius 2 is 1.93 bits per heavy atom. The van der Waals surface area contributed by atoms with Crippen LogP contribution in [0.25, 0.3) is 0 Å². The minimum absolute atomic E-state index is 0.0995. The largest absolute Gasteiger partial charge is 0.455 e. The van der Waals surface area contributed by atoms with E-state index in [1.807, 2.05) is 0 Å². The molecule has 5 nitrogen and oxygen atoms in total. The molecule has 0 aromatic heterocycles. The molecule has 1 aliphatic heterocycles. The Bertz CT molecular complexity index is 328. The second-order valence-corrected chi connectivity index (χ2v) is 4.72. The third-order valence-corrected chi connectivity index (χ3v) is 3.88. The molecule has 15 heavy (non-hydrogen) atoms. The van der Waals surface area contributed by atoms with Gasteiger partial charge in [-0.1, -0.05) is 0 Å². The van der Waals surface area contributed by atoms with Gasteiger partial charge in [0.25, 0.3) is 0 Å². The summed E-state index contributed by atoms with van der Waals surface area (Å²) in [6, 6.07) is 0. The van der Waals surface area contributed by atoms with Crippen molar-refractivity contribution in [2.75, 3.05) is 19.8 Å². The predicted molar refractivity (Wildman–Crippen MR) is 50.0 cm³/mol. The third kappa shape index (κ3) is 2.45. The average molecular weight is 238 g/mol. The number of carbonyl (C=O) groups excluding carboxylic acids is 1. The molecule has 0 fully saturated rings. The second kappa shape index (κ2) is 4.88. The van der Waals surface area contributed by atoms with Crippen LogP contribution < -0.4 is 0 Å². The first-order valence-electron chi connectivity index (χ1n) is 4.50. The fourth-order valence-corrected chi connectivity index (χ4v) is 2.73. The van der Waals surface area contributed by atoms with Crippen molar-refractivity contribution in [3.63, 3.8) is 0 Å². The summed E-state index contributed by atoms with van der Waals surface area (Å²) in [4.78, 5) is 10.8. The Balaban J connectivity index is 3.00. The van der Waals surface area contributed by atoms with E-state index in [1.54, 1.807) is 13.8 Å². The average Bonchev–Trinajstić information content (AvgIpc) is 2.49. The minimum atomic E-state index is -3.70. The van der Waals surface area contributed by atoms with Gasteiger partial charge in [0, 0.05) is 0 Å². The Morgan fingerprint density at radius 3 is 2.27 bits per heavy atom. The van der Waals surface area contributed by atoms with Crippen molar-refractivity contribution in [3.8, 4) is 0 Å². The van der Waals surface area contributed by atoms with E-state index < -0.39 is 19.4 Å². The molecule has 1 rings (SSSR count). The van der Waals surface area contributed by atoms with E-state index >= 15 is 0 Å². The molecule has 86 valence electrons. The number of carbonyl (C=O) groups is 1. The quantitative estimate of drug-likeness (QED) is 0.541. The van der Waals surface area contributed by atoms with Crippen molar-refractivity contribution in [1.82, 2.24) is 0 Å². The van der Waals surface area contributed by atoms with Crippen LogP contribution in [0.5, 0.6) is 0 Å². The van der Waals surface area contributed by atoms with Gasteiger partial charge in [0.05, 0.1) is 13.2 Å². The van der Waals surface area contributed by atoms with Gasteiger partial charge in [-0.2, -0.15) is 4.39 Å². The van der Waals surface area contributed by atoms with Gasteiger partial charge in [-0.3, -0.25) is 4.57 Å². The van der Waals surface area contributed by atoms with Gasteiger partial charge >= 0.3 is 13.6 Å². The minimum Gasteiger partial charge on any atom is -0.455 e. The Morgan fingerprint density at radius 1 is 1.40 bits per heavy atom. The zero-order chi connectivity index (χ0) is 11.5. The highest BCUT2D eigenvalue weighted by Gasteiger charge is 2.40. The van der Waals surface area contributed by atoms with E-state index in [0.717, 1.165) is 0 Å². The van der Waals surface area contributed by atoms with E-state index in [9.17, 15) is 13.8 Å². The zero-order valence-electron chi connectivity index (χ0n) is 8.49. The molecule has 0 radical (unpaired) electrons. The van der Waals surface area contributed by atoms with Gasteiger partial charge in [-0.15, -0.1) is 0 Å². The topological polar surface area (TPSA) is 61.8 Å². The number of ether oxygens (including phenoxy) is 1. The molecule has 0 aromatic rings. The van der Waals surface area contributed by atoms with Gasteiger partial charge in [0.2, 0.25) is 5.83 Å². The van der Waals surface area contributed by atoms with E-state index in [-0.39, 0.29) is 25.1 Å². The van der Waals surface area contributed by atoms with E-state index in [0.29, 0.717) is 0 Å². The van der Waals surface area contributed by atoms with Crippen LogP contribution in [0.2, 0.25) is 0 Å². The Labute approximate surface area is 86.7 Å². The maximum Gasteiger partial charge on any atom is 0.368 e. The summed E-state index contributed by atoms with van der Waals surface area (Å²) in [5.41, 5.74) is 0. The fourth-order valence-electron chi connectivity index (χ4n) is 1.11. The molecular formula is C8H12FO5P. The monoisotopic (exact) mass is 238 g/mol. The lowest BCUT2D eigenvalue weighted by atomic mass is 10.5. The molecule has 1 heterocycles. The number of esters is 1. The molecule has 0 bridgehead atoms. The van der Waals surface area contributed by atoms with Crippen LogP contribution in [0.3, 0.4) is 0 Å². The van der Waals surface area contributed by atoms with Gasteiger partial charge in [0.15, 0.2) is 0 Å². The highest BCUT2D eigenvalue weighted by Crippen LogP contribution is 2.58. The van der Waals surface area contributed by atoms with E-state index in [4.69, 9.17) is 9.05 Å². The van der Waals surface area contributed by atoms with Crippen LogP contribution in [-0.4, -0.2) is 25.8 Å². The first-order valence-corrected chi connectivity index (χ1v) is 6.05. The van der Waals surface area contributed by atoms with Gasteiger partial charge < -0.3 is 13.8 Å². The van der Waals surface area contributed by atoms with E-state index in [1.165, 1.54) is 0 Å². The summed E-state index contributed by atoms with van der Waals surface area (Å²) < 4.78 is 39.3. The molecule has 0 atom stereocenters. The molecule has 7 heteroatoms. The van der Waals surface area contributed by atoms with Crippen LogP contribution in [0.1, 0.15) is 13.8 Å². The molecule has 0 aliphatic carbocycles. The number of hydrogen-bond donors (Lipinski definition) is 0. The summed E-state index contributed by atoms with van der Waals surface area (Å²) in [7, 11) is -3.70. The van der Waals surface area contributed by atoms with Crippen molar-refractivity contribution in [2.45, 2.75) is 13.8 Å². The Kier molecular flexibility index (Phi) is 4.02. The van der Waals surface area contributed by atoms with Gasteiger partial charge in [0.1, 0.15) is 11.9 Å². The van der Waals surface area contributed by atoms with Crippen LogP contribution in [0, 0.1) is 0 Å². The van der Waals surface area contributed by atoms with Crippen LogP contribution >= 0.6 is 7.60 Å². The van der Waals surface area contributed by atoms with Crippen LogP contribution in [-0.2, 0) is 23.1 Å². The second-order valence-electron chi connectivity index (χ2n) is 2.67. The number of halogens is 1. The summed E-state index contributed by atoms with van der Waals surface area (Å²) in [6.07, 6.45) is 0. The van der Waals surface area contributed by atoms with Crippen molar-refractivity contribution in [3.05, 3.63) is 11.1 Å². The lowest BCUT2D eigenvalue weighted by Gasteiger charge is -2.16. The predicted octanol–water partition coefficient (Wildman–Crippen LogP) is 1.99. The summed E-state index contributed by atoms with van der Waals surface area (Å²) >= 11 is 0. The maximum absolute atomic E-state index is 13.2. The maximum atomic E-state index is 13.2. The van der Waals surface area contributed by atoms with Crippen molar-refractivity contribution in [2.24, 2.45) is 0 Å². The number of rotatable bonds is 5. The van der Waals surface area contributed by atoms with Gasteiger partial charge in [-0.05, 0) is 13.8 Å². The number of hydrogen-bond acceptors (Lipinski definition) is 5. The molecular weight excluding hydrogens is 226 g/mol. The van der Waals surface area contributed by atoms with E-state index in [2.05, 4.69) is 4.74 Å². The van der Waals surface area contributed by atoms with Crippen molar-refractivity contribution in [1.29, 1.82) is 0 Å². The summed E-state index contributed by atoms with van der Waals surface area (Å²) in [6.45, 7) is 3.02. The highest BCUT2D eigenvalue weighted by atomic mass is 31.2. The molecule has 0 unspecified atom stereocenters. The SMILES string of the molecule is CCOP(=O)(OCC)C1=C(F)C(=O)OC1. The fraction of sp³-hybridized carbons (Fsp3) is 0.625. The first kappa shape index (κ1) is 12.4. The molecule has 0 N–H and O–H groups in total.